The first-order valence-corrected chi connectivity index (χ1v) is 8.93. The average molecular weight is 335 g/mol. The number of anilines is 1. The van der Waals surface area contributed by atoms with Crippen molar-refractivity contribution in [1.29, 1.82) is 0 Å². The molecular weight excluding hydrogens is 314 g/mol. The van der Waals surface area contributed by atoms with E-state index in [1.807, 2.05) is 11.4 Å². The number of aromatic nitrogens is 2. The van der Waals surface area contributed by atoms with Gasteiger partial charge >= 0.3 is 0 Å². The molecule has 0 bridgehead atoms. The van der Waals surface area contributed by atoms with E-state index >= 15 is 0 Å². The maximum atomic E-state index is 4.30. The van der Waals surface area contributed by atoms with Crippen LogP contribution < -0.4 is 5.32 Å². The number of fused-ring (bicyclic) bond motifs is 1. The Labute approximate surface area is 147 Å². The molecule has 0 radical (unpaired) electrons. The highest BCUT2D eigenvalue weighted by atomic mass is 32.1. The molecule has 0 aliphatic carbocycles. The predicted molar refractivity (Wildman–Crippen MR) is 103 cm³/mol. The molecular formula is C20H21N3S. The van der Waals surface area contributed by atoms with Crippen molar-refractivity contribution in [2.75, 3.05) is 11.9 Å². The van der Waals surface area contributed by atoms with E-state index < -0.39 is 0 Å². The summed E-state index contributed by atoms with van der Waals surface area (Å²) in [6, 6.07) is 10.6. The number of thiophene rings is 1. The van der Waals surface area contributed by atoms with Crippen LogP contribution >= 0.6 is 11.3 Å². The SMILES string of the molecule is CC(C)(C)c1ccc(C#CCCNc2ncnc3sccc23)cc1. The van der Waals surface area contributed by atoms with Crippen LogP contribution in [0.1, 0.15) is 38.3 Å². The summed E-state index contributed by atoms with van der Waals surface area (Å²) < 4.78 is 0. The summed E-state index contributed by atoms with van der Waals surface area (Å²) in [4.78, 5) is 9.57. The van der Waals surface area contributed by atoms with Gasteiger partial charge in [0.2, 0.25) is 0 Å². The van der Waals surface area contributed by atoms with Crippen molar-refractivity contribution < 1.29 is 0 Å². The highest BCUT2D eigenvalue weighted by Crippen LogP contribution is 2.23. The Morgan fingerprint density at radius 2 is 1.88 bits per heavy atom. The topological polar surface area (TPSA) is 37.8 Å². The monoisotopic (exact) mass is 335 g/mol. The smallest absolute Gasteiger partial charge is 0.138 e. The number of nitrogens with zero attached hydrogens (tertiary/aromatic N) is 2. The van der Waals surface area contributed by atoms with Crippen LogP contribution in [0.2, 0.25) is 0 Å². The second-order valence-corrected chi connectivity index (χ2v) is 7.56. The lowest BCUT2D eigenvalue weighted by Crippen LogP contribution is -2.10. The van der Waals surface area contributed by atoms with E-state index in [-0.39, 0.29) is 5.41 Å². The molecule has 0 saturated heterocycles. The van der Waals surface area contributed by atoms with E-state index in [0.29, 0.717) is 0 Å². The quantitative estimate of drug-likeness (QED) is 0.549. The first kappa shape index (κ1) is 16.5. The van der Waals surface area contributed by atoms with Gasteiger partial charge in [-0.15, -0.1) is 11.3 Å². The Morgan fingerprint density at radius 3 is 2.62 bits per heavy atom. The molecule has 0 saturated carbocycles. The Morgan fingerprint density at radius 1 is 1.08 bits per heavy atom. The highest BCUT2D eigenvalue weighted by Gasteiger charge is 2.12. The number of hydrogen-bond donors (Lipinski definition) is 1. The molecule has 0 fully saturated rings. The van der Waals surface area contributed by atoms with Gasteiger partial charge < -0.3 is 5.32 Å². The molecule has 0 aliphatic rings. The van der Waals surface area contributed by atoms with E-state index in [0.717, 1.165) is 34.6 Å². The zero-order valence-electron chi connectivity index (χ0n) is 14.3. The summed E-state index contributed by atoms with van der Waals surface area (Å²) in [7, 11) is 0. The molecule has 122 valence electrons. The van der Waals surface area contributed by atoms with Crippen molar-refractivity contribution >= 4 is 27.4 Å². The Kier molecular flexibility index (Phi) is 4.82. The lowest BCUT2D eigenvalue weighted by Gasteiger charge is -2.18. The van der Waals surface area contributed by atoms with Crippen molar-refractivity contribution in [3.05, 3.63) is 53.2 Å². The summed E-state index contributed by atoms with van der Waals surface area (Å²) in [6.45, 7) is 7.43. The maximum Gasteiger partial charge on any atom is 0.138 e. The number of hydrogen-bond acceptors (Lipinski definition) is 4. The van der Waals surface area contributed by atoms with Crippen molar-refractivity contribution in [2.45, 2.75) is 32.6 Å². The maximum absolute atomic E-state index is 4.30. The summed E-state index contributed by atoms with van der Waals surface area (Å²) in [6.07, 6.45) is 2.38. The van der Waals surface area contributed by atoms with Crippen molar-refractivity contribution in [1.82, 2.24) is 9.97 Å². The lowest BCUT2D eigenvalue weighted by atomic mass is 9.87. The van der Waals surface area contributed by atoms with Crippen LogP contribution in [-0.4, -0.2) is 16.5 Å². The fourth-order valence-corrected chi connectivity index (χ4v) is 3.13. The minimum Gasteiger partial charge on any atom is -0.368 e. The molecule has 3 aromatic rings. The zero-order valence-corrected chi connectivity index (χ0v) is 15.1. The fourth-order valence-electron chi connectivity index (χ4n) is 2.39. The molecule has 3 rings (SSSR count). The molecule has 3 nitrogen and oxygen atoms in total. The minimum absolute atomic E-state index is 0.181. The molecule has 0 atom stereocenters. The van der Waals surface area contributed by atoms with Crippen molar-refractivity contribution in [2.24, 2.45) is 0 Å². The third kappa shape index (κ3) is 3.93. The normalized spacial score (nSPS) is 11.1. The van der Waals surface area contributed by atoms with Crippen LogP contribution in [0, 0.1) is 11.8 Å². The summed E-state index contributed by atoms with van der Waals surface area (Å²) in [5.74, 6) is 7.33. The van der Waals surface area contributed by atoms with Gasteiger partial charge in [0.25, 0.3) is 0 Å². The molecule has 1 N–H and O–H groups in total. The molecule has 2 heterocycles. The van der Waals surface area contributed by atoms with E-state index in [2.05, 4.69) is 72.2 Å². The zero-order chi connectivity index (χ0) is 17.0. The molecule has 2 aromatic heterocycles. The van der Waals surface area contributed by atoms with Gasteiger partial charge in [0.05, 0.1) is 5.39 Å². The molecule has 1 aromatic carbocycles. The minimum atomic E-state index is 0.181. The van der Waals surface area contributed by atoms with Gasteiger partial charge in [-0.2, -0.15) is 0 Å². The first-order valence-electron chi connectivity index (χ1n) is 8.05. The van der Waals surface area contributed by atoms with Crippen LogP contribution in [0.3, 0.4) is 0 Å². The third-order valence-corrected chi connectivity index (χ3v) is 4.61. The largest absolute Gasteiger partial charge is 0.368 e. The second kappa shape index (κ2) is 7.02. The van der Waals surface area contributed by atoms with Gasteiger partial charge in [0.15, 0.2) is 0 Å². The third-order valence-electron chi connectivity index (χ3n) is 3.79. The fraction of sp³-hybridized carbons (Fsp3) is 0.300. The second-order valence-electron chi connectivity index (χ2n) is 6.67. The Balaban J connectivity index is 1.56. The molecule has 0 spiro atoms. The van der Waals surface area contributed by atoms with Crippen molar-refractivity contribution in [3.8, 4) is 11.8 Å². The average Bonchev–Trinajstić information content (AvgIpc) is 3.03. The van der Waals surface area contributed by atoms with Gasteiger partial charge in [0.1, 0.15) is 17.0 Å². The summed E-state index contributed by atoms with van der Waals surface area (Å²) in [5.41, 5.74) is 2.57. The van der Waals surface area contributed by atoms with E-state index in [1.165, 1.54) is 5.56 Å². The van der Waals surface area contributed by atoms with E-state index in [9.17, 15) is 0 Å². The van der Waals surface area contributed by atoms with E-state index in [4.69, 9.17) is 0 Å². The number of nitrogens with one attached hydrogen (secondary N) is 1. The predicted octanol–water partition coefficient (Wildman–Crippen LogP) is 4.84. The molecule has 0 unspecified atom stereocenters. The standard InChI is InChI=1S/C20H21N3S/c1-20(2,3)16-9-7-15(8-10-16)6-4-5-12-21-18-17-11-13-24-19(17)23-14-22-18/h7-11,13-14H,5,12H2,1-3H3,(H,21,22,23). The number of benzene rings is 1. The summed E-state index contributed by atoms with van der Waals surface area (Å²) >= 11 is 1.63. The summed E-state index contributed by atoms with van der Waals surface area (Å²) in [5, 5.41) is 6.45. The van der Waals surface area contributed by atoms with Gasteiger partial charge in [0, 0.05) is 18.5 Å². The number of rotatable bonds is 3. The molecule has 0 aliphatic heterocycles. The van der Waals surface area contributed by atoms with Crippen LogP contribution in [0.25, 0.3) is 10.2 Å². The van der Waals surface area contributed by atoms with Crippen molar-refractivity contribution in [3.63, 3.8) is 0 Å². The lowest BCUT2D eigenvalue weighted by molar-refractivity contribution is 0.590. The molecule has 24 heavy (non-hydrogen) atoms. The highest BCUT2D eigenvalue weighted by molar-refractivity contribution is 7.16. The first-order chi connectivity index (χ1) is 11.5. The van der Waals surface area contributed by atoms with Crippen LogP contribution in [0.15, 0.2) is 42.0 Å². The Bertz CT molecular complexity index is 877. The van der Waals surface area contributed by atoms with Gasteiger partial charge in [-0.1, -0.05) is 44.7 Å². The van der Waals surface area contributed by atoms with Crippen LogP contribution in [-0.2, 0) is 5.41 Å². The molecule has 0 amide bonds. The van der Waals surface area contributed by atoms with Crippen LogP contribution in [0.4, 0.5) is 5.82 Å². The van der Waals surface area contributed by atoms with Gasteiger partial charge in [-0.3, -0.25) is 0 Å². The van der Waals surface area contributed by atoms with E-state index in [1.54, 1.807) is 17.7 Å². The molecule has 4 heteroatoms. The van der Waals surface area contributed by atoms with Gasteiger partial charge in [-0.05, 0) is 34.6 Å². The Hall–Kier alpha value is -2.38. The van der Waals surface area contributed by atoms with Crippen LogP contribution in [0.5, 0.6) is 0 Å². The van der Waals surface area contributed by atoms with Gasteiger partial charge in [-0.25, -0.2) is 9.97 Å².